The van der Waals surface area contributed by atoms with Crippen LogP contribution in [-0.4, -0.2) is 27.9 Å². The highest BCUT2D eigenvalue weighted by atomic mass is 16.5. The van der Waals surface area contributed by atoms with E-state index < -0.39 is 11.1 Å². The van der Waals surface area contributed by atoms with Crippen molar-refractivity contribution in [3.05, 3.63) is 29.8 Å². The average molecular weight is 274 g/mol. The topological polar surface area (TPSA) is 64.6 Å². The number of carbonyl (C=O) groups excluding carboxylic acids is 1. The van der Waals surface area contributed by atoms with Gasteiger partial charge in [0.25, 0.3) is 0 Å². The molecular formula is C15H20N3O2. The van der Waals surface area contributed by atoms with Gasteiger partial charge >= 0.3 is 0 Å². The van der Waals surface area contributed by atoms with Crippen molar-refractivity contribution in [3.8, 4) is 0 Å². The number of hydroxylamine groups is 2. The van der Waals surface area contributed by atoms with Crippen LogP contribution in [0.15, 0.2) is 29.3 Å². The first-order valence-corrected chi connectivity index (χ1v) is 6.61. The Kier molecular flexibility index (Phi) is 3.34. The van der Waals surface area contributed by atoms with Crippen LogP contribution in [0.4, 0.5) is 5.69 Å². The quantitative estimate of drug-likeness (QED) is 0.901. The van der Waals surface area contributed by atoms with Crippen molar-refractivity contribution in [2.75, 3.05) is 5.32 Å². The summed E-state index contributed by atoms with van der Waals surface area (Å²) >= 11 is 0. The summed E-state index contributed by atoms with van der Waals surface area (Å²) in [6.07, 6.45) is 0. The van der Waals surface area contributed by atoms with Gasteiger partial charge in [-0.05, 0) is 39.8 Å². The molecule has 1 amide bonds. The Balaban J connectivity index is 2.51. The molecule has 5 nitrogen and oxygen atoms in total. The SMILES string of the molecule is CC(=O)Nc1ccccc1C1=NC(C)(C)C(C)(C)N1[O]. The average Bonchev–Trinajstić information content (AvgIpc) is 2.49. The highest BCUT2D eigenvalue weighted by Gasteiger charge is 2.50. The fraction of sp³-hybridized carbons (Fsp3) is 0.467. The number of anilines is 1. The molecule has 5 heteroatoms. The van der Waals surface area contributed by atoms with E-state index in [1.807, 2.05) is 39.8 Å². The van der Waals surface area contributed by atoms with Gasteiger partial charge in [-0.25, -0.2) is 0 Å². The fourth-order valence-electron chi connectivity index (χ4n) is 2.11. The van der Waals surface area contributed by atoms with Crippen molar-refractivity contribution in [3.63, 3.8) is 0 Å². The number of hydrogen-bond acceptors (Lipinski definition) is 3. The van der Waals surface area contributed by atoms with Crippen LogP contribution in [0.1, 0.15) is 40.2 Å². The standard InChI is InChI=1S/C15H20N3O2/c1-10(19)16-12-9-7-6-8-11(12)13-17-14(2,3)15(4,5)18(13)20/h6-9H,1-5H3,(H,16,19). The predicted molar refractivity (Wildman–Crippen MR) is 78.0 cm³/mol. The molecule has 1 aromatic rings. The minimum absolute atomic E-state index is 0.174. The Labute approximate surface area is 119 Å². The third-order valence-electron chi connectivity index (χ3n) is 4.06. The normalized spacial score (nSPS) is 19.7. The van der Waals surface area contributed by atoms with Gasteiger partial charge in [0, 0.05) is 12.5 Å². The maximum atomic E-state index is 12.6. The number of nitrogens with zero attached hydrogens (tertiary/aromatic N) is 2. The van der Waals surface area contributed by atoms with E-state index in [4.69, 9.17) is 0 Å². The minimum atomic E-state index is -0.633. The first kappa shape index (κ1) is 14.5. The number of carbonyl (C=O) groups is 1. The minimum Gasteiger partial charge on any atom is -0.326 e. The number of nitrogens with one attached hydrogen (secondary N) is 1. The summed E-state index contributed by atoms with van der Waals surface area (Å²) < 4.78 is 0. The molecule has 0 bridgehead atoms. The molecule has 2 rings (SSSR count). The molecule has 0 spiro atoms. The number of amidine groups is 1. The van der Waals surface area contributed by atoms with E-state index in [1.165, 1.54) is 6.92 Å². The van der Waals surface area contributed by atoms with Crippen LogP contribution in [0, 0.1) is 0 Å². The number of para-hydroxylation sites is 1. The van der Waals surface area contributed by atoms with Crippen molar-refractivity contribution in [1.82, 2.24) is 5.06 Å². The monoisotopic (exact) mass is 274 g/mol. The number of amides is 1. The third-order valence-corrected chi connectivity index (χ3v) is 4.06. The summed E-state index contributed by atoms with van der Waals surface area (Å²) in [6, 6.07) is 7.21. The summed E-state index contributed by atoms with van der Waals surface area (Å²) in [5, 5.41) is 16.2. The largest absolute Gasteiger partial charge is 0.326 e. The van der Waals surface area contributed by atoms with E-state index in [0.717, 1.165) is 5.06 Å². The zero-order chi connectivity index (χ0) is 15.1. The molecule has 1 aliphatic heterocycles. The van der Waals surface area contributed by atoms with Gasteiger partial charge in [-0.1, -0.05) is 17.3 Å². The second-order valence-electron chi connectivity index (χ2n) is 6.07. The number of hydrogen-bond donors (Lipinski definition) is 1. The molecule has 1 aromatic carbocycles. The van der Waals surface area contributed by atoms with Crippen LogP contribution in [0.5, 0.6) is 0 Å². The van der Waals surface area contributed by atoms with Crippen molar-refractivity contribution < 1.29 is 10.0 Å². The molecule has 0 aromatic heterocycles. The van der Waals surface area contributed by atoms with E-state index in [-0.39, 0.29) is 5.91 Å². The van der Waals surface area contributed by atoms with Crippen molar-refractivity contribution in [2.24, 2.45) is 4.99 Å². The second-order valence-corrected chi connectivity index (χ2v) is 6.07. The molecule has 0 saturated heterocycles. The molecule has 0 saturated carbocycles. The van der Waals surface area contributed by atoms with Gasteiger partial charge in [0.2, 0.25) is 5.91 Å². The Morgan fingerprint density at radius 3 is 2.30 bits per heavy atom. The number of rotatable bonds is 2. The summed E-state index contributed by atoms with van der Waals surface area (Å²) in [4.78, 5) is 15.8. The second kappa shape index (κ2) is 4.59. The third kappa shape index (κ3) is 2.18. The van der Waals surface area contributed by atoms with Crippen LogP contribution in [0.2, 0.25) is 0 Å². The lowest BCUT2D eigenvalue weighted by Crippen LogP contribution is -2.50. The molecule has 1 N–H and O–H groups in total. The number of benzene rings is 1. The summed E-state index contributed by atoms with van der Waals surface area (Å²) in [5.41, 5.74) is 0.128. The Morgan fingerprint density at radius 1 is 1.20 bits per heavy atom. The van der Waals surface area contributed by atoms with Gasteiger partial charge in [0.15, 0.2) is 5.84 Å². The van der Waals surface area contributed by atoms with Crippen LogP contribution in [0.3, 0.4) is 0 Å². The zero-order valence-electron chi connectivity index (χ0n) is 12.5. The zero-order valence-corrected chi connectivity index (χ0v) is 12.5. The van der Waals surface area contributed by atoms with Crippen LogP contribution in [0.25, 0.3) is 0 Å². The molecule has 20 heavy (non-hydrogen) atoms. The van der Waals surface area contributed by atoms with Gasteiger partial charge in [-0.2, -0.15) is 5.06 Å². The van der Waals surface area contributed by atoms with Crippen molar-refractivity contribution in [1.29, 1.82) is 0 Å². The molecule has 107 valence electrons. The van der Waals surface area contributed by atoms with E-state index in [1.54, 1.807) is 12.1 Å². The molecule has 1 heterocycles. The predicted octanol–water partition coefficient (Wildman–Crippen LogP) is 2.61. The van der Waals surface area contributed by atoms with Crippen molar-refractivity contribution in [2.45, 2.75) is 45.7 Å². The first-order chi connectivity index (χ1) is 9.17. The molecule has 1 aliphatic rings. The molecule has 0 aliphatic carbocycles. The van der Waals surface area contributed by atoms with Gasteiger partial charge in [-0.3, -0.25) is 9.79 Å². The van der Waals surface area contributed by atoms with Crippen LogP contribution in [-0.2, 0) is 10.0 Å². The fourth-order valence-corrected chi connectivity index (χ4v) is 2.11. The smallest absolute Gasteiger partial charge is 0.221 e. The van der Waals surface area contributed by atoms with Gasteiger partial charge in [0.05, 0.1) is 16.8 Å². The Morgan fingerprint density at radius 2 is 1.80 bits per heavy atom. The lowest BCUT2D eigenvalue weighted by atomic mass is 9.84. The van der Waals surface area contributed by atoms with Crippen molar-refractivity contribution >= 4 is 17.4 Å². The molecule has 0 unspecified atom stereocenters. The Bertz CT molecular complexity index is 576. The van der Waals surface area contributed by atoms with Gasteiger partial charge in [0.1, 0.15) is 0 Å². The summed E-state index contributed by atoms with van der Waals surface area (Å²) in [7, 11) is 0. The van der Waals surface area contributed by atoms with Gasteiger partial charge < -0.3 is 5.32 Å². The van der Waals surface area contributed by atoms with Crippen LogP contribution < -0.4 is 5.32 Å². The summed E-state index contributed by atoms with van der Waals surface area (Å²) in [5.74, 6) is 0.191. The lowest BCUT2D eigenvalue weighted by molar-refractivity contribution is -0.158. The van der Waals surface area contributed by atoms with Crippen LogP contribution >= 0.6 is 0 Å². The molecule has 1 radical (unpaired) electrons. The van der Waals surface area contributed by atoms with E-state index in [0.29, 0.717) is 17.1 Å². The van der Waals surface area contributed by atoms with E-state index >= 15 is 0 Å². The molecule has 0 atom stereocenters. The first-order valence-electron chi connectivity index (χ1n) is 6.61. The van der Waals surface area contributed by atoms with E-state index in [2.05, 4.69) is 10.3 Å². The highest BCUT2D eigenvalue weighted by molar-refractivity contribution is 6.07. The maximum absolute atomic E-state index is 12.6. The molecular weight excluding hydrogens is 254 g/mol. The molecule has 0 fully saturated rings. The Hall–Kier alpha value is -1.88. The van der Waals surface area contributed by atoms with Gasteiger partial charge in [-0.15, -0.1) is 0 Å². The number of aliphatic imine (C=N–C) groups is 1. The highest BCUT2D eigenvalue weighted by Crippen LogP contribution is 2.39. The lowest BCUT2D eigenvalue weighted by Gasteiger charge is -2.35. The van der Waals surface area contributed by atoms with E-state index in [9.17, 15) is 10.0 Å². The maximum Gasteiger partial charge on any atom is 0.221 e. The summed E-state index contributed by atoms with van der Waals surface area (Å²) in [6.45, 7) is 9.06.